The van der Waals surface area contributed by atoms with Gasteiger partial charge in [0.2, 0.25) is 0 Å². The molecule has 0 bridgehead atoms. The summed E-state index contributed by atoms with van der Waals surface area (Å²) in [4.78, 5) is 12.1. The van der Waals surface area contributed by atoms with Gasteiger partial charge in [-0.05, 0) is 69.3 Å². The molecule has 2 aromatic carbocycles. The predicted octanol–water partition coefficient (Wildman–Crippen LogP) is 4.47. The van der Waals surface area contributed by atoms with Gasteiger partial charge >= 0.3 is 0 Å². The molecule has 9 heteroatoms. The maximum atomic E-state index is 13.3. The third-order valence-corrected chi connectivity index (χ3v) is 5.87. The van der Waals surface area contributed by atoms with E-state index in [0.717, 1.165) is 29.2 Å². The maximum Gasteiger partial charge on any atom is 0.261 e. The summed E-state index contributed by atoms with van der Waals surface area (Å²) in [5, 5.41) is 2.86. The zero-order chi connectivity index (χ0) is 22.1. The van der Waals surface area contributed by atoms with Crippen molar-refractivity contribution in [3.05, 3.63) is 82.8 Å². The molecule has 0 radical (unpaired) electrons. The minimum Gasteiger partial charge on any atom is -0.466 e. The van der Waals surface area contributed by atoms with Gasteiger partial charge in [0.1, 0.15) is 11.5 Å². The lowest BCUT2D eigenvalue weighted by Crippen LogP contribution is -2.26. The molecule has 0 saturated heterocycles. The van der Waals surface area contributed by atoms with Crippen LogP contribution in [-0.4, -0.2) is 14.3 Å². The molecular weight excluding hydrogens is 414 g/mol. The van der Waals surface area contributed by atoms with Crippen molar-refractivity contribution in [3.63, 3.8) is 0 Å². The Morgan fingerprint density at radius 2 is 1.67 bits per heavy atom. The number of furan rings is 1. The van der Waals surface area contributed by atoms with E-state index in [1.807, 2.05) is 26.8 Å². The number of aryl methyl sites for hydroxylation is 2. The van der Waals surface area contributed by atoms with E-state index < -0.39 is 26.6 Å². The number of anilines is 1. The van der Waals surface area contributed by atoms with E-state index in [9.17, 15) is 22.0 Å². The highest BCUT2D eigenvalue weighted by Gasteiger charge is 2.18. The van der Waals surface area contributed by atoms with Crippen molar-refractivity contribution in [2.24, 2.45) is 0 Å². The van der Waals surface area contributed by atoms with Crippen molar-refractivity contribution in [3.8, 4) is 0 Å². The average Bonchev–Trinajstić information content (AvgIpc) is 3.02. The Labute approximate surface area is 173 Å². The van der Waals surface area contributed by atoms with Crippen molar-refractivity contribution < 1.29 is 26.4 Å². The van der Waals surface area contributed by atoms with E-state index in [4.69, 9.17) is 4.42 Å². The molecule has 0 aliphatic rings. The minimum absolute atomic E-state index is 0.172. The van der Waals surface area contributed by atoms with Crippen molar-refractivity contribution >= 4 is 21.6 Å². The van der Waals surface area contributed by atoms with Crippen LogP contribution in [0, 0.1) is 25.5 Å². The summed E-state index contributed by atoms with van der Waals surface area (Å²) < 4.78 is 58.7. The SMILES string of the molecule is Cc1cc(C(C)NC(=O)c2ccc(NS(=O)(=O)c3ccc(F)c(F)c3)cc2)c(C)o1. The number of sulfonamides is 1. The van der Waals surface area contributed by atoms with Gasteiger partial charge in [-0.15, -0.1) is 0 Å². The Morgan fingerprint density at radius 1 is 1.00 bits per heavy atom. The van der Waals surface area contributed by atoms with Crippen molar-refractivity contribution in [1.82, 2.24) is 5.32 Å². The number of carbonyl (C=O) groups excluding carboxylic acids is 1. The van der Waals surface area contributed by atoms with Crippen molar-refractivity contribution in [2.75, 3.05) is 4.72 Å². The highest BCUT2D eigenvalue weighted by atomic mass is 32.2. The number of hydrogen-bond acceptors (Lipinski definition) is 4. The van der Waals surface area contributed by atoms with E-state index >= 15 is 0 Å². The Hall–Kier alpha value is -3.20. The van der Waals surface area contributed by atoms with Crippen LogP contribution >= 0.6 is 0 Å². The summed E-state index contributed by atoms with van der Waals surface area (Å²) in [6.07, 6.45) is 0. The van der Waals surface area contributed by atoms with Crippen LogP contribution in [0.1, 0.15) is 40.4 Å². The minimum atomic E-state index is -4.11. The molecule has 0 aliphatic heterocycles. The van der Waals surface area contributed by atoms with E-state index in [-0.39, 0.29) is 17.6 Å². The number of halogens is 2. The van der Waals surface area contributed by atoms with Gasteiger partial charge in [0.05, 0.1) is 10.9 Å². The van der Waals surface area contributed by atoms with E-state index in [0.29, 0.717) is 11.6 Å². The monoisotopic (exact) mass is 434 g/mol. The molecule has 6 nitrogen and oxygen atoms in total. The quantitative estimate of drug-likeness (QED) is 0.599. The predicted molar refractivity (Wildman–Crippen MR) is 108 cm³/mol. The lowest BCUT2D eigenvalue weighted by atomic mass is 10.1. The first kappa shape index (κ1) is 21.5. The molecule has 3 aromatic rings. The second-order valence-electron chi connectivity index (χ2n) is 6.82. The molecule has 1 unspecified atom stereocenters. The molecule has 1 amide bonds. The van der Waals surface area contributed by atoms with Gasteiger partial charge in [0, 0.05) is 16.8 Å². The van der Waals surface area contributed by atoms with Gasteiger partial charge in [-0.2, -0.15) is 0 Å². The van der Waals surface area contributed by atoms with Gasteiger partial charge < -0.3 is 9.73 Å². The zero-order valence-corrected chi connectivity index (χ0v) is 17.3. The van der Waals surface area contributed by atoms with Crippen LogP contribution in [0.5, 0.6) is 0 Å². The molecule has 3 rings (SSSR count). The molecule has 158 valence electrons. The van der Waals surface area contributed by atoms with Crippen LogP contribution < -0.4 is 10.0 Å². The summed E-state index contributed by atoms with van der Waals surface area (Å²) in [6, 6.07) is 9.61. The molecule has 1 atom stereocenters. The normalized spacial score (nSPS) is 12.4. The van der Waals surface area contributed by atoms with Crippen LogP contribution in [0.2, 0.25) is 0 Å². The zero-order valence-electron chi connectivity index (χ0n) is 16.5. The van der Waals surface area contributed by atoms with E-state index in [2.05, 4.69) is 10.0 Å². The molecule has 0 spiro atoms. The fraction of sp³-hybridized carbons (Fsp3) is 0.190. The molecule has 1 heterocycles. The van der Waals surface area contributed by atoms with Crippen LogP contribution in [0.25, 0.3) is 0 Å². The summed E-state index contributed by atoms with van der Waals surface area (Å²) >= 11 is 0. The Morgan fingerprint density at radius 3 is 2.23 bits per heavy atom. The fourth-order valence-electron chi connectivity index (χ4n) is 2.99. The lowest BCUT2D eigenvalue weighted by molar-refractivity contribution is 0.0939. The third kappa shape index (κ3) is 4.68. The van der Waals surface area contributed by atoms with E-state index in [1.165, 1.54) is 24.3 Å². The van der Waals surface area contributed by atoms with Crippen molar-refractivity contribution in [1.29, 1.82) is 0 Å². The number of carbonyl (C=O) groups is 1. The Balaban J connectivity index is 1.70. The Bertz CT molecular complexity index is 1190. The second kappa shape index (κ2) is 8.27. The number of amides is 1. The molecular formula is C21H20F2N2O4S. The standard InChI is InChI=1S/C21H20F2N2O4S/c1-12-10-18(14(3)29-12)13(2)24-21(26)15-4-6-16(7-5-15)25-30(27,28)17-8-9-19(22)20(23)11-17/h4-11,13,25H,1-3H3,(H,24,26). The smallest absolute Gasteiger partial charge is 0.261 e. The lowest BCUT2D eigenvalue weighted by Gasteiger charge is -2.14. The average molecular weight is 434 g/mol. The summed E-state index contributed by atoms with van der Waals surface area (Å²) in [5.41, 5.74) is 1.37. The first-order chi connectivity index (χ1) is 14.1. The number of rotatable bonds is 6. The summed E-state index contributed by atoms with van der Waals surface area (Å²) in [7, 11) is -4.11. The van der Waals surface area contributed by atoms with Gasteiger partial charge in [-0.25, -0.2) is 17.2 Å². The first-order valence-corrected chi connectivity index (χ1v) is 10.5. The molecule has 30 heavy (non-hydrogen) atoms. The van der Waals surface area contributed by atoms with Crippen LogP contribution in [0.15, 0.2) is 57.8 Å². The third-order valence-electron chi connectivity index (χ3n) is 4.49. The molecule has 0 fully saturated rings. The topological polar surface area (TPSA) is 88.4 Å². The van der Waals surface area contributed by atoms with Crippen LogP contribution in [0.3, 0.4) is 0 Å². The molecule has 0 saturated carbocycles. The van der Waals surface area contributed by atoms with E-state index in [1.54, 1.807) is 0 Å². The highest BCUT2D eigenvalue weighted by Crippen LogP contribution is 2.22. The maximum absolute atomic E-state index is 13.3. The number of benzene rings is 2. The molecule has 1 aromatic heterocycles. The summed E-state index contributed by atoms with van der Waals surface area (Å²) in [5.74, 6) is -1.26. The second-order valence-corrected chi connectivity index (χ2v) is 8.50. The highest BCUT2D eigenvalue weighted by molar-refractivity contribution is 7.92. The van der Waals surface area contributed by atoms with Gasteiger partial charge in [-0.3, -0.25) is 9.52 Å². The number of nitrogens with one attached hydrogen (secondary N) is 2. The summed E-state index contributed by atoms with van der Waals surface area (Å²) in [6.45, 7) is 5.48. The fourth-order valence-corrected chi connectivity index (χ4v) is 4.06. The molecule has 2 N–H and O–H groups in total. The first-order valence-electron chi connectivity index (χ1n) is 9.02. The van der Waals surface area contributed by atoms with Crippen LogP contribution in [0.4, 0.5) is 14.5 Å². The Kier molecular flexibility index (Phi) is 5.93. The number of hydrogen-bond donors (Lipinski definition) is 2. The van der Waals surface area contributed by atoms with Gasteiger partial charge in [-0.1, -0.05) is 0 Å². The van der Waals surface area contributed by atoms with Gasteiger partial charge in [0.25, 0.3) is 15.9 Å². The molecule has 0 aliphatic carbocycles. The van der Waals surface area contributed by atoms with Gasteiger partial charge in [0.15, 0.2) is 11.6 Å². The van der Waals surface area contributed by atoms with Crippen molar-refractivity contribution in [2.45, 2.75) is 31.7 Å². The van der Waals surface area contributed by atoms with Crippen LogP contribution in [-0.2, 0) is 10.0 Å². The largest absolute Gasteiger partial charge is 0.466 e.